The van der Waals surface area contributed by atoms with Crippen molar-refractivity contribution in [1.29, 1.82) is 0 Å². The predicted molar refractivity (Wildman–Crippen MR) is 111 cm³/mol. The molecule has 3 heterocycles. The van der Waals surface area contributed by atoms with E-state index in [-0.39, 0.29) is 30.2 Å². The molecule has 0 N–H and O–H groups in total. The molecule has 4 rings (SSSR count). The van der Waals surface area contributed by atoms with Crippen molar-refractivity contribution in [3.05, 3.63) is 51.7 Å². The lowest BCUT2D eigenvalue weighted by Gasteiger charge is -2.35. The lowest BCUT2D eigenvalue weighted by molar-refractivity contribution is -0.140. The van der Waals surface area contributed by atoms with Gasteiger partial charge in [-0.1, -0.05) is 17.7 Å². The van der Waals surface area contributed by atoms with E-state index in [1.54, 1.807) is 28.4 Å². The first-order valence-corrected chi connectivity index (χ1v) is 10.8. The SMILES string of the molecule is O=C1CC(C(=O)N(Cc2cccs2)C2CCOCC2)CN1c1ccc(Cl)cc1. The second kappa shape index (κ2) is 8.64. The first-order valence-electron chi connectivity index (χ1n) is 9.58. The van der Waals surface area contributed by atoms with Gasteiger partial charge < -0.3 is 14.5 Å². The highest BCUT2D eigenvalue weighted by Crippen LogP contribution is 2.30. The highest BCUT2D eigenvalue weighted by molar-refractivity contribution is 7.09. The van der Waals surface area contributed by atoms with E-state index in [1.165, 1.54) is 4.88 Å². The van der Waals surface area contributed by atoms with Crippen LogP contribution in [0.2, 0.25) is 5.02 Å². The summed E-state index contributed by atoms with van der Waals surface area (Å²) in [5, 5.41) is 2.66. The average molecular weight is 419 g/mol. The number of halogens is 1. The Kier molecular flexibility index (Phi) is 5.99. The Morgan fingerprint density at radius 1 is 1.21 bits per heavy atom. The largest absolute Gasteiger partial charge is 0.381 e. The zero-order valence-corrected chi connectivity index (χ0v) is 17.1. The van der Waals surface area contributed by atoms with Crippen molar-refractivity contribution >= 4 is 40.4 Å². The third-order valence-corrected chi connectivity index (χ3v) is 6.55. The van der Waals surface area contributed by atoms with Crippen LogP contribution >= 0.6 is 22.9 Å². The van der Waals surface area contributed by atoms with Gasteiger partial charge in [-0.2, -0.15) is 0 Å². The van der Waals surface area contributed by atoms with Crippen LogP contribution in [0.4, 0.5) is 5.69 Å². The number of nitrogens with zero attached hydrogens (tertiary/aromatic N) is 2. The van der Waals surface area contributed by atoms with Gasteiger partial charge in [0.15, 0.2) is 0 Å². The summed E-state index contributed by atoms with van der Waals surface area (Å²) < 4.78 is 5.48. The second-order valence-electron chi connectivity index (χ2n) is 7.27. The van der Waals surface area contributed by atoms with Gasteiger partial charge in [0.1, 0.15) is 0 Å². The van der Waals surface area contributed by atoms with Crippen LogP contribution in [0.3, 0.4) is 0 Å². The summed E-state index contributed by atoms with van der Waals surface area (Å²) in [6.45, 7) is 2.38. The minimum absolute atomic E-state index is 0.0104. The number of amides is 2. The van der Waals surface area contributed by atoms with Crippen molar-refractivity contribution in [3.8, 4) is 0 Å². The summed E-state index contributed by atoms with van der Waals surface area (Å²) in [5.41, 5.74) is 0.792. The molecule has 0 bridgehead atoms. The maximum atomic E-state index is 13.4. The van der Waals surface area contributed by atoms with Gasteiger partial charge in [-0.05, 0) is 48.6 Å². The van der Waals surface area contributed by atoms with E-state index in [0.717, 1.165) is 18.5 Å². The Morgan fingerprint density at radius 2 is 1.96 bits per heavy atom. The first-order chi connectivity index (χ1) is 13.6. The summed E-state index contributed by atoms with van der Waals surface area (Å²) in [5.74, 6) is -0.250. The molecule has 0 spiro atoms. The normalized spacial score (nSPS) is 20.5. The van der Waals surface area contributed by atoms with Crippen LogP contribution in [0.5, 0.6) is 0 Å². The number of rotatable bonds is 5. The van der Waals surface area contributed by atoms with Crippen LogP contribution in [-0.4, -0.2) is 42.5 Å². The second-order valence-corrected chi connectivity index (χ2v) is 8.74. The molecule has 148 valence electrons. The third kappa shape index (κ3) is 4.24. The highest BCUT2D eigenvalue weighted by atomic mass is 35.5. The van der Waals surface area contributed by atoms with E-state index < -0.39 is 0 Å². The van der Waals surface area contributed by atoms with Crippen molar-refractivity contribution < 1.29 is 14.3 Å². The van der Waals surface area contributed by atoms with Gasteiger partial charge in [0, 0.05) is 47.8 Å². The van der Waals surface area contributed by atoms with Crippen molar-refractivity contribution in [3.63, 3.8) is 0 Å². The van der Waals surface area contributed by atoms with Gasteiger partial charge >= 0.3 is 0 Å². The Labute approximate surface area is 173 Å². The van der Waals surface area contributed by atoms with Crippen molar-refractivity contribution in [2.45, 2.75) is 31.8 Å². The number of hydrogen-bond donors (Lipinski definition) is 0. The highest BCUT2D eigenvalue weighted by Gasteiger charge is 2.39. The molecule has 2 saturated heterocycles. The summed E-state index contributed by atoms with van der Waals surface area (Å²) in [6, 6.07) is 11.4. The summed E-state index contributed by atoms with van der Waals surface area (Å²) in [6.07, 6.45) is 1.95. The van der Waals surface area contributed by atoms with E-state index in [4.69, 9.17) is 16.3 Å². The first kappa shape index (κ1) is 19.4. The number of thiophene rings is 1. The fraction of sp³-hybridized carbons (Fsp3) is 0.429. The molecule has 28 heavy (non-hydrogen) atoms. The summed E-state index contributed by atoms with van der Waals surface area (Å²) in [4.78, 5) is 30.9. The van der Waals surface area contributed by atoms with E-state index in [9.17, 15) is 9.59 Å². The fourth-order valence-electron chi connectivity index (χ4n) is 3.93. The Morgan fingerprint density at radius 3 is 2.64 bits per heavy atom. The fourth-order valence-corrected chi connectivity index (χ4v) is 4.76. The Balaban J connectivity index is 1.51. The zero-order chi connectivity index (χ0) is 19.5. The molecule has 0 radical (unpaired) electrons. The van der Waals surface area contributed by atoms with E-state index in [2.05, 4.69) is 6.07 Å². The maximum absolute atomic E-state index is 13.4. The van der Waals surface area contributed by atoms with Crippen LogP contribution < -0.4 is 4.90 Å². The molecule has 1 unspecified atom stereocenters. The molecule has 2 aliphatic heterocycles. The van der Waals surface area contributed by atoms with E-state index in [1.807, 2.05) is 28.5 Å². The molecule has 1 aromatic heterocycles. The minimum Gasteiger partial charge on any atom is -0.381 e. The molecule has 7 heteroatoms. The molecule has 1 aromatic carbocycles. The molecule has 0 aliphatic carbocycles. The lowest BCUT2D eigenvalue weighted by atomic mass is 10.0. The van der Waals surface area contributed by atoms with Crippen LogP contribution in [0, 0.1) is 5.92 Å². The van der Waals surface area contributed by atoms with Crippen molar-refractivity contribution in [1.82, 2.24) is 4.90 Å². The summed E-state index contributed by atoms with van der Waals surface area (Å²) >= 11 is 7.62. The summed E-state index contributed by atoms with van der Waals surface area (Å²) in [7, 11) is 0. The van der Waals surface area contributed by atoms with E-state index in [0.29, 0.717) is 31.3 Å². The lowest BCUT2D eigenvalue weighted by Crippen LogP contribution is -2.46. The number of ether oxygens (including phenoxy) is 1. The molecular weight excluding hydrogens is 396 g/mol. The molecule has 1 atom stereocenters. The van der Waals surface area contributed by atoms with Gasteiger partial charge in [-0.15, -0.1) is 11.3 Å². The van der Waals surface area contributed by atoms with Gasteiger partial charge in [0.2, 0.25) is 11.8 Å². The van der Waals surface area contributed by atoms with E-state index >= 15 is 0 Å². The Bertz CT molecular complexity index is 819. The van der Waals surface area contributed by atoms with Crippen LogP contribution in [-0.2, 0) is 20.9 Å². The van der Waals surface area contributed by atoms with Crippen LogP contribution in [0.1, 0.15) is 24.1 Å². The van der Waals surface area contributed by atoms with Crippen LogP contribution in [0.15, 0.2) is 41.8 Å². The number of carbonyl (C=O) groups excluding carboxylic acids is 2. The van der Waals surface area contributed by atoms with Gasteiger partial charge in [0.05, 0.1) is 12.5 Å². The topological polar surface area (TPSA) is 49.9 Å². The monoisotopic (exact) mass is 418 g/mol. The molecule has 2 aromatic rings. The minimum atomic E-state index is -0.314. The average Bonchev–Trinajstić information content (AvgIpc) is 3.37. The smallest absolute Gasteiger partial charge is 0.228 e. The molecule has 0 saturated carbocycles. The maximum Gasteiger partial charge on any atom is 0.228 e. The van der Waals surface area contributed by atoms with Gasteiger partial charge in [-0.3, -0.25) is 9.59 Å². The Hall–Kier alpha value is -1.89. The molecule has 2 fully saturated rings. The number of hydrogen-bond acceptors (Lipinski definition) is 4. The molecule has 2 amide bonds. The number of anilines is 1. The standard InChI is InChI=1S/C21H23ClN2O3S/c22-16-3-5-17(6-4-16)23-13-15(12-20(23)25)21(26)24(14-19-2-1-11-28-19)18-7-9-27-10-8-18/h1-6,11,15,18H,7-10,12-14H2. The van der Waals surface area contributed by atoms with Crippen molar-refractivity contribution in [2.24, 2.45) is 5.92 Å². The van der Waals surface area contributed by atoms with Crippen molar-refractivity contribution in [2.75, 3.05) is 24.7 Å². The molecule has 5 nitrogen and oxygen atoms in total. The third-order valence-electron chi connectivity index (χ3n) is 5.43. The molecular formula is C21H23ClN2O3S. The molecule has 2 aliphatic rings. The van der Waals surface area contributed by atoms with Gasteiger partial charge in [-0.25, -0.2) is 0 Å². The number of carbonyl (C=O) groups is 2. The zero-order valence-electron chi connectivity index (χ0n) is 15.6. The number of benzene rings is 1. The van der Waals surface area contributed by atoms with Crippen LogP contribution in [0.25, 0.3) is 0 Å². The quantitative estimate of drug-likeness (QED) is 0.738. The predicted octanol–water partition coefficient (Wildman–Crippen LogP) is 3.96. The van der Waals surface area contributed by atoms with Gasteiger partial charge in [0.25, 0.3) is 0 Å².